The van der Waals surface area contributed by atoms with Crippen molar-refractivity contribution in [3.05, 3.63) is 16.1 Å². The highest BCUT2D eigenvalue weighted by Gasteiger charge is 2.19. The number of aryl methyl sites for hydroxylation is 1. The molecule has 0 saturated carbocycles. The molecule has 1 atom stereocenters. The summed E-state index contributed by atoms with van der Waals surface area (Å²) in [4.78, 5) is 4.71. The summed E-state index contributed by atoms with van der Waals surface area (Å²) in [7, 11) is 2.00. The van der Waals surface area contributed by atoms with Gasteiger partial charge in [-0.1, -0.05) is 0 Å². The standard InChI is InChI=1S/C11H19N3S/c1-12-5-2-3-10-8-15-11(14-10)9-4-6-13-7-9/h8-9,12-13H,2-7H2,1H3. The van der Waals surface area contributed by atoms with Crippen LogP contribution in [0.1, 0.15) is 29.5 Å². The van der Waals surface area contributed by atoms with Gasteiger partial charge >= 0.3 is 0 Å². The predicted octanol–water partition coefficient (Wildman–Crippen LogP) is 1.37. The molecule has 84 valence electrons. The molecule has 1 aliphatic rings. The molecule has 1 saturated heterocycles. The van der Waals surface area contributed by atoms with Crippen LogP contribution in [0.15, 0.2) is 5.38 Å². The van der Waals surface area contributed by atoms with Crippen molar-refractivity contribution in [2.24, 2.45) is 0 Å². The lowest BCUT2D eigenvalue weighted by atomic mass is 10.1. The van der Waals surface area contributed by atoms with Crippen LogP contribution in [0, 0.1) is 0 Å². The van der Waals surface area contributed by atoms with Gasteiger partial charge in [0, 0.05) is 17.8 Å². The lowest BCUT2D eigenvalue weighted by Gasteiger charge is -2.02. The summed E-state index contributed by atoms with van der Waals surface area (Å²) in [6.07, 6.45) is 3.55. The van der Waals surface area contributed by atoms with Crippen LogP contribution < -0.4 is 10.6 Å². The average molecular weight is 225 g/mol. The van der Waals surface area contributed by atoms with Crippen molar-refractivity contribution in [2.75, 3.05) is 26.7 Å². The number of nitrogens with zero attached hydrogens (tertiary/aromatic N) is 1. The normalized spacial score (nSPS) is 21.0. The minimum atomic E-state index is 0.674. The first kappa shape index (κ1) is 11.0. The van der Waals surface area contributed by atoms with Crippen LogP contribution in [-0.2, 0) is 6.42 Å². The number of nitrogens with one attached hydrogen (secondary N) is 2. The van der Waals surface area contributed by atoms with E-state index in [0.29, 0.717) is 5.92 Å². The first-order chi connectivity index (χ1) is 7.40. The van der Waals surface area contributed by atoms with Crippen molar-refractivity contribution in [3.63, 3.8) is 0 Å². The minimum absolute atomic E-state index is 0.674. The fraction of sp³-hybridized carbons (Fsp3) is 0.727. The van der Waals surface area contributed by atoms with Gasteiger partial charge in [-0.2, -0.15) is 0 Å². The lowest BCUT2D eigenvalue weighted by Crippen LogP contribution is -2.09. The molecule has 0 bridgehead atoms. The Bertz CT molecular complexity index is 292. The van der Waals surface area contributed by atoms with Gasteiger partial charge in [0.15, 0.2) is 0 Å². The van der Waals surface area contributed by atoms with E-state index in [9.17, 15) is 0 Å². The van der Waals surface area contributed by atoms with E-state index >= 15 is 0 Å². The van der Waals surface area contributed by atoms with Crippen LogP contribution >= 0.6 is 11.3 Å². The van der Waals surface area contributed by atoms with E-state index in [0.717, 1.165) is 26.1 Å². The van der Waals surface area contributed by atoms with Crippen molar-refractivity contribution >= 4 is 11.3 Å². The largest absolute Gasteiger partial charge is 0.320 e. The van der Waals surface area contributed by atoms with Gasteiger partial charge in [0.05, 0.1) is 10.7 Å². The summed E-state index contributed by atoms with van der Waals surface area (Å²) in [5.41, 5.74) is 1.28. The highest BCUT2D eigenvalue weighted by atomic mass is 32.1. The van der Waals surface area contributed by atoms with E-state index in [1.54, 1.807) is 0 Å². The summed E-state index contributed by atoms with van der Waals surface area (Å²) >= 11 is 1.83. The second-order valence-electron chi connectivity index (χ2n) is 4.07. The van der Waals surface area contributed by atoms with Crippen molar-refractivity contribution in [3.8, 4) is 0 Å². The topological polar surface area (TPSA) is 37.0 Å². The zero-order valence-corrected chi connectivity index (χ0v) is 10.1. The summed E-state index contributed by atoms with van der Waals surface area (Å²) < 4.78 is 0. The van der Waals surface area contributed by atoms with Gasteiger partial charge in [0.25, 0.3) is 0 Å². The fourth-order valence-corrected chi connectivity index (χ4v) is 2.93. The molecule has 3 nitrogen and oxygen atoms in total. The Kier molecular flexibility index (Phi) is 4.11. The van der Waals surface area contributed by atoms with E-state index in [-0.39, 0.29) is 0 Å². The third-order valence-corrected chi connectivity index (χ3v) is 3.89. The Morgan fingerprint density at radius 1 is 1.67 bits per heavy atom. The summed E-state index contributed by atoms with van der Waals surface area (Å²) in [6, 6.07) is 0. The molecule has 15 heavy (non-hydrogen) atoms. The second kappa shape index (κ2) is 5.58. The fourth-order valence-electron chi connectivity index (χ4n) is 1.94. The number of hydrogen-bond acceptors (Lipinski definition) is 4. The number of aromatic nitrogens is 1. The molecule has 1 unspecified atom stereocenters. The maximum absolute atomic E-state index is 4.71. The van der Waals surface area contributed by atoms with Gasteiger partial charge in [-0.05, 0) is 39.4 Å². The quantitative estimate of drug-likeness (QED) is 0.743. The first-order valence-electron chi connectivity index (χ1n) is 5.70. The Morgan fingerprint density at radius 2 is 2.60 bits per heavy atom. The van der Waals surface area contributed by atoms with Crippen molar-refractivity contribution in [2.45, 2.75) is 25.2 Å². The van der Waals surface area contributed by atoms with E-state index < -0.39 is 0 Å². The number of thiazole rings is 1. The summed E-state index contributed by atoms with van der Waals surface area (Å²) in [6.45, 7) is 3.35. The molecule has 0 radical (unpaired) electrons. The third kappa shape index (κ3) is 3.00. The molecular weight excluding hydrogens is 206 g/mol. The number of rotatable bonds is 5. The molecular formula is C11H19N3S. The Labute approximate surface area is 95.3 Å². The highest BCUT2D eigenvalue weighted by Crippen LogP contribution is 2.25. The average Bonchev–Trinajstić information content (AvgIpc) is 2.87. The molecule has 1 fully saturated rings. The van der Waals surface area contributed by atoms with Gasteiger partial charge in [0.1, 0.15) is 0 Å². The summed E-state index contributed by atoms with van der Waals surface area (Å²) in [5.74, 6) is 0.674. The molecule has 2 heterocycles. The second-order valence-corrected chi connectivity index (χ2v) is 4.96. The van der Waals surface area contributed by atoms with Crippen molar-refractivity contribution in [1.82, 2.24) is 15.6 Å². The van der Waals surface area contributed by atoms with E-state index in [1.807, 2.05) is 18.4 Å². The van der Waals surface area contributed by atoms with E-state index in [2.05, 4.69) is 16.0 Å². The Morgan fingerprint density at radius 3 is 3.33 bits per heavy atom. The summed E-state index contributed by atoms with van der Waals surface area (Å²) in [5, 5.41) is 10.1. The highest BCUT2D eigenvalue weighted by molar-refractivity contribution is 7.09. The molecule has 1 aliphatic heterocycles. The van der Waals surface area contributed by atoms with Gasteiger partial charge in [-0.25, -0.2) is 4.98 Å². The van der Waals surface area contributed by atoms with Crippen LogP contribution in [0.25, 0.3) is 0 Å². The maximum atomic E-state index is 4.71. The van der Waals surface area contributed by atoms with Gasteiger partial charge in [-0.15, -0.1) is 11.3 Å². The SMILES string of the molecule is CNCCCc1csc(C2CCNC2)n1. The molecule has 0 aliphatic carbocycles. The van der Waals surface area contributed by atoms with Crippen LogP contribution in [0.5, 0.6) is 0 Å². The van der Waals surface area contributed by atoms with Crippen molar-refractivity contribution in [1.29, 1.82) is 0 Å². The monoisotopic (exact) mass is 225 g/mol. The first-order valence-corrected chi connectivity index (χ1v) is 6.57. The lowest BCUT2D eigenvalue weighted by molar-refractivity contribution is 0.707. The number of hydrogen-bond donors (Lipinski definition) is 2. The van der Waals surface area contributed by atoms with Gasteiger partial charge in [-0.3, -0.25) is 0 Å². The van der Waals surface area contributed by atoms with Crippen LogP contribution in [-0.4, -0.2) is 31.7 Å². The Balaban J connectivity index is 1.86. The molecule has 1 aromatic heterocycles. The van der Waals surface area contributed by atoms with E-state index in [1.165, 1.54) is 23.5 Å². The third-order valence-electron chi connectivity index (χ3n) is 2.84. The predicted molar refractivity (Wildman–Crippen MR) is 64.6 cm³/mol. The molecule has 2 N–H and O–H groups in total. The molecule has 2 rings (SSSR count). The van der Waals surface area contributed by atoms with Crippen LogP contribution in [0.4, 0.5) is 0 Å². The Hall–Kier alpha value is -0.450. The maximum Gasteiger partial charge on any atom is 0.0972 e. The molecule has 1 aromatic rings. The van der Waals surface area contributed by atoms with E-state index in [4.69, 9.17) is 4.98 Å². The minimum Gasteiger partial charge on any atom is -0.320 e. The molecule has 0 aromatic carbocycles. The smallest absolute Gasteiger partial charge is 0.0972 e. The van der Waals surface area contributed by atoms with Crippen LogP contribution in [0.2, 0.25) is 0 Å². The van der Waals surface area contributed by atoms with Crippen LogP contribution in [0.3, 0.4) is 0 Å². The zero-order valence-electron chi connectivity index (χ0n) is 9.25. The molecule has 0 amide bonds. The molecule has 4 heteroatoms. The zero-order chi connectivity index (χ0) is 10.5. The molecule has 0 spiro atoms. The van der Waals surface area contributed by atoms with Crippen molar-refractivity contribution < 1.29 is 0 Å². The van der Waals surface area contributed by atoms with Gasteiger partial charge < -0.3 is 10.6 Å². The van der Waals surface area contributed by atoms with Gasteiger partial charge in [0.2, 0.25) is 0 Å².